The molecule has 0 aromatic heterocycles. The van der Waals surface area contributed by atoms with Gasteiger partial charge in [0.2, 0.25) is 15.8 Å². The van der Waals surface area contributed by atoms with Gasteiger partial charge in [-0.3, -0.25) is 4.79 Å². The minimum atomic E-state index is -3.75. The van der Waals surface area contributed by atoms with E-state index in [-0.39, 0.29) is 21.3 Å². The molecule has 2 rings (SSSR count). The Balaban J connectivity index is 2.30. The van der Waals surface area contributed by atoms with Crippen LogP contribution < -0.4 is 0 Å². The number of halogens is 1. The predicted molar refractivity (Wildman–Crippen MR) is 117 cm³/mol. The van der Waals surface area contributed by atoms with Gasteiger partial charge in [-0.05, 0) is 80.6 Å². The van der Waals surface area contributed by atoms with E-state index in [0.717, 1.165) is 38.2 Å². The quantitative estimate of drug-likeness (QED) is 0.486. The van der Waals surface area contributed by atoms with Gasteiger partial charge in [0.25, 0.3) is 0 Å². The Hall–Kier alpha value is -2.22. The van der Waals surface area contributed by atoms with E-state index in [0.29, 0.717) is 5.56 Å². The number of rotatable bonds is 6. The zero-order valence-electron chi connectivity index (χ0n) is 18.2. The smallest absolute Gasteiger partial charge is 0.340 e. The SMILES string of the molecule is Cc1c(C)c(C)c(C(=O)COC(=O)c2cc(S(=O)(=O)N(C)C)ccc2Cl)c(C)c1C. The predicted octanol–water partition coefficient (Wildman–Crippen LogP) is 4.17. The fourth-order valence-electron chi connectivity index (χ4n) is 3.23. The number of carbonyl (C=O) groups is 2. The van der Waals surface area contributed by atoms with E-state index >= 15 is 0 Å². The van der Waals surface area contributed by atoms with E-state index in [1.165, 1.54) is 26.2 Å². The van der Waals surface area contributed by atoms with Gasteiger partial charge in [-0.25, -0.2) is 17.5 Å². The van der Waals surface area contributed by atoms with Crippen molar-refractivity contribution in [2.75, 3.05) is 20.7 Å². The van der Waals surface area contributed by atoms with Crippen molar-refractivity contribution >= 4 is 33.4 Å². The van der Waals surface area contributed by atoms with Crippen LogP contribution in [0.2, 0.25) is 5.02 Å². The summed E-state index contributed by atoms with van der Waals surface area (Å²) in [6, 6.07) is 3.78. The molecule has 0 saturated heterocycles. The Kier molecular flexibility index (Phi) is 7.12. The number of ether oxygens (including phenoxy) is 1. The molecule has 0 unspecified atom stereocenters. The van der Waals surface area contributed by atoms with Crippen LogP contribution in [0, 0.1) is 34.6 Å². The molecular formula is C22H26ClNO5S. The van der Waals surface area contributed by atoms with Crippen molar-refractivity contribution in [2.24, 2.45) is 0 Å². The van der Waals surface area contributed by atoms with Crippen molar-refractivity contribution in [1.82, 2.24) is 4.31 Å². The van der Waals surface area contributed by atoms with Gasteiger partial charge in [0.05, 0.1) is 15.5 Å². The zero-order valence-corrected chi connectivity index (χ0v) is 19.8. The molecule has 0 heterocycles. The highest BCUT2D eigenvalue weighted by Gasteiger charge is 2.23. The number of nitrogens with zero attached hydrogens (tertiary/aromatic N) is 1. The first-order chi connectivity index (χ1) is 13.8. The molecule has 0 bridgehead atoms. The van der Waals surface area contributed by atoms with Crippen LogP contribution in [0.1, 0.15) is 48.5 Å². The fourth-order valence-corrected chi connectivity index (χ4v) is 4.35. The van der Waals surface area contributed by atoms with Gasteiger partial charge in [-0.1, -0.05) is 11.6 Å². The third kappa shape index (κ3) is 4.43. The van der Waals surface area contributed by atoms with Gasteiger partial charge >= 0.3 is 5.97 Å². The Labute approximate surface area is 182 Å². The topological polar surface area (TPSA) is 80.8 Å². The molecule has 0 atom stereocenters. The molecule has 6 nitrogen and oxygen atoms in total. The van der Waals surface area contributed by atoms with E-state index in [1.54, 1.807) is 0 Å². The molecule has 0 spiro atoms. The molecule has 0 N–H and O–H groups in total. The van der Waals surface area contributed by atoms with Gasteiger partial charge in [-0.15, -0.1) is 0 Å². The van der Waals surface area contributed by atoms with E-state index < -0.39 is 22.6 Å². The van der Waals surface area contributed by atoms with Crippen LogP contribution in [0.5, 0.6) is 0 Å². The highest BCUT2D eigenvalue weighted by molar-refractivity contribution is 7.89. The van der Waals surface area contributed by atoms with Crippen molar-refractivity contribution < 1.29 is 22.7 Å². The van der Waals surface area contributed by atoms with E-state index in [2.05, 4.69) is 0 Å². The highest BCUT2D eigenvalue weighted by Crippen LogP contribution is 2.27. The summed E-state index contributed by atoms with van der Waals surface area (Å²) in [4.78, 5) is 25.3. The van der Waals surface area contributed by atoms with Crippen molar-refractivity contribution in [3.8, 4) is 0 Å². The van der Waals surface area contributed by atoms with Crippen LogP contribution in [0.25, 0.3) is 0 Å². The lowest BCUT2D eigenvalue weighted by Gasteiger charge is -2.18. The first-order valence-electron chi connectivity index (χ1n) is 9.30. The summed E-state index contributed by atoms with van der Waals surface area (Å²) >= 11 is 6.07. The minimum absolute atomic E-state index is 0.0412. The summed E-state index contributed by atoms with van der Waals surface area (Å²) in [5.74, 6) is -1.18. The standard InChI is InChI=1S/C22H26ClNO5S/c1-12-13(2)15(4)21(16(5)14(12)3)20(25)11-29-22(26)18-10-17(8-9-19(18)23)30(27,28)24(6)7/h8-10H,11H2,1-7H3. The maximum atomic E-state index is 12.8. The number of sulfonamides is 1. The first-order valence-corrected chi connectivity index (χ1v) is 11.1. The summed E-state index contributed by atoms with van der Waals surface area (Å²) in [7, 11) is -0.977. The molecule has 162 valence electrons. The second-order valence-electron chi connectivity index (χ2n) is 7.43. The Morgan fingerprint density at radius 2 is 1.43 bits per heavy atom. The highest BCUT2D eigenvalue weighted by atomic mass is 35.5. The van der Waals surface area contributed by atoms with E-state index in [4.69, 9.17) is 16.3 Å². The van der Waals surface area contributed by atoms with Crippen LogP contribution in [-0.2, 0) is 14.8 Å². The lowest BCUT2D eigenvalue weighted by Crippen LogP contribution is -2.23. The molecule has 8 heteroatoms. The van der Waals surface area contributed by atoms with E-state index in [9.17, 15) is 18.0 Å². The van der Waals surface area contributed by atoms with Gasteiger partial charge in [0.15, 0.2) is 6.61 Å². The monoisotopic (exact) mass is 451 g/mol. The maximum Gasteiger partial charge on any atom is 0.340 e. The molecule has 0 aliphatic rings. The molecule has 0 fully saturated rings. The Morgan fingerprint density at radius 1 is 0.933 bits per heavy atom. The van der Waals surface area contributed by atoms with Crippen LogP contribution in [-0.4, -0.2) is 45.2 Å². The third-order valence-corrected chi connectivity index (χ3v) is 7.69. The zero-order chi connectivity index (χ0) is 23.0. The molecular weight excluding hydrogens is 426 g/mol. The lowest BCUT2D eigenvalue weighted by molar-refractivity contribution is 0.0474. The van der Waals surface area contributed by atoms with Crippen molar-refractivity contribution in [1.29, 1.82) is 0 Å². The first kappa shape index (κ1) is 24.1. The van der Waals surface area contributed by atoms with Crippen LogP contribution in [0.4, 0.5) is 0 Å². The van der Waals surface area contributed by atoms with Crippen LogP contribution in [0.15, 0.2) is 23.1 Å². The van der Waals surface area contributed by atoms with Gasteiger partial charge < -0.3 is 4.74 Å². The third-order valence-electron chi connectivity index (χ3n) is 5.55. The molecule has 0 saturated carbocycles. The minimum Gasteiger partial charge on any atom is -0.454 e. The number of hydrogen-bond donors (Lipinski definition) is 0. The molecule has 0 radical (unpaired) electrons. The second kappa shape index (κ2) is 8.88. The Bertz CT molecular complexity index is 1110. The van der Waals surface area contributed by atoms with Crippen molar-refractivity contribution in [3.63, 3.8) is 0 Å². The number of esters is 1. The lowest BCUT2D eigenvalue weighted by atomic mass is 9.88. The number of Topliss-reactive ketones (excluding diaryl/α,β-unsaturated/α-hetero) is 1. The average molecular weight is 452 g/mol. The molecule has 0 amide bonds. The summed E-state index contributed by atoms with van der Waals surface area (Å²) in [6.45, 7) is 9.19. The summed E-state index contributed by atoms with van der Waals surface area (Å²) in [5, 5.41) is 0.0412. The number of benzene rings is 2. The Morgan fingerprint density at radius 3 is 1.93 bits per heavy atom. The summed E-state index contributed by atoms with van der Waals surface area (Å²) in [6.07, 6.45) is 0. The maximum absolute atomic E-state index is 12.8. The van der Waals surface area contributed by atoms with Crippen molar-refractivity contribution in [3.05, 3.63) is 62.2 Å². The van der Waals surface area contributed by atoms with Crippen LogP contribution >= 0.6 is 11.6 Å². The number of hydrogen-bond acceptors (Lipinski definition) is 5. The molecule has 30 heavy (non-hydrogen) atoms. The molecule has 2 aromatic rings. The molecule has 0 aliphatic heterocycles. The average Bonchev–Trinajstić information content (AvgIpc) is 2.69. The van der Waals surface area contributed by atoms with Gasteiger partial charge in [-0.2, -0.15) is 0 Å². The summed E-state index contributed by atoms with van der Waals surface area (Å²) < 4.78 is 30.8. The van der Waals surface area contributed by atoms with Gasteiger partial charge in [0, 0.05) is 19.7 Å². The number of carbonyl (C=O) groups excluding carboxylic acids is 2. The summed E-state index contributed by atoms with van der Waals surface area (Å²) in [5.41, 5.74) is 5.32. The normalized spacial score (nSPS) is 11.6. The molecule has 2 aromatic carbocycles. The van der Waals surface area contributed by atoms with E-state index in [1.807, 2.05) is 34.6 Å². The van der Waals surface area contributed by atoms with Gasteiger partial charge in [0.1, 0.15) is 0 Å². The van der Waals surface area contributed by atoms with Crippen LogP contribution in [0.3, 0.4) is 0 Å². The van der Waals surface area contributed by atoms with Crippen molar-refractivity contribution in [2.45, 2.75) is 39.5 Å². The second-order valence-corrected chi connectivity index (χ2v) is 9.99. The molecule has 0 aliphatic carbocycles. The largest absolute Gasteiger partial charge is 0.454 e. The fraction of sp³-hybridized carbons (Fsp3) is 0.364. The number of ketones is 1.